The van der Waals surface area contributed by atoms with Gasteiger partial charge in [0.2, 0.25) is 5.13 Å². The quantitative estimate of drug-likeness (QED) is 0.734. The number of aryl methyl sites for hydroxylation is 1. The van der Waals surface area contributed by atoms with Crippen LogP contribution in [-0.2, 0) is 6.42 Å². The minimum Gasteiger partial charge on any atom is -0.296 e. The number of halogens is 2. The summed E-state index contributed by atoms with van der Waals surface area (Å²) in [6.07, 6.45) is 1.80. The predicted molar refractivity (Wildman–Crippen MR) is 88.7 cm³/mol. The first kappa shape index (κ1) is 15.3. The highest BCUT2D eigenvalue weighted by Crippen LogP contribution is 2.36. The summed E-state index contributed by atoms with van der Waals surface area (Å²) < 4.78 is 13.9. The van der Waals surface area contributed by atoms with Crippen LogP contribution < -0.4 is 5.32 Å². The SMILES string of the molecule is CCCc1nnc(NC(=O)c2sc3cc(F)ccc3c2Cl)s1. The largest absolute Gasteiger partial charge is 0.296 e. The van der Waals surface area contributed by atoms with Crippen LogP contribution in [0.4, 0.5) is 9.52 Å². The van der Waals surface area contributed by atoms with Crippen molar-refractivity contribution in [2.24, 2.45) is 0 Å². The highest BCUT2D eigenvalue weighted by molar-refractivity contribution is 7.22. The summed E-state index contributed by atoms with van der Waals surface area (Å²) in [6, 6.07) is 4.27. The Morgan fingerprint density at radius 3 is 2.95 bits per heavy atom. The number of hydrogen-bond acceptors (Lipinski definition) is 5. The van der Waals surface area contributed by atoms with Crippen LogP contribution in [-0.4, -0.2) is 16.1 Å². The van der Waals surface area contributed by atoms with E-state index in [0.29, 0.717) is 25.1 Å². The number of aromatic nitrogens is 2. The molecule has 0 atom stereocenters. The van der Waals surface area contributed by atoms with E-state index in [1.165, 1.54) is 23.5 Å². The van der Waals surface area contributed by atoms with Gasteiger partial charge in [-0.25, -0.2) is 4.39 Å². The average Bonchev–Trinajstić information content (AvgIpc) is 3.04. The second-order valence-corrected chi connectivity index (χ2v) is 7.08. The molecule has 0 aliphatic rings. The Bertz CT molecular complexity index is 846. The Hall–Kier alpha value is -1.57. The van der Waals surface area contributed by atoms with Crippen molar-refractivity contribution in [2.75, 3.05) is 5.32 Å². The maximum Gasteiger partial charge on any atom is 0.269 e. The first-order valence-corrected chi connectivity index (χ1v) is 8.61. The number of benzene rings is 1. The maximum atomic E-state index is 13.2. The zero-order valence-corrected chi connectivity index (χ0v) is 13.9. The number of rotatable bonds is 4. The fourth-order valence-electron chi connectivity index (χ4n) is 1.96. The normalized spacial score (nSPS) is 11.0. The lowest BCUT2D eigenvalue weighted by Gasteiger charge is -1.98. The molecule has 0 spiro atoms. The Kier molecular flexibility index (Phi) is 4.37. The lowest BCUT2D eigenvalue weighted by Crippen LogP contribution is -2.10. The fraction of sp³-hybridized carbons (Fsp3) is 0.214. The molecule has 0 bridgehead atoms. The van der Waals surface area contributed by atoms with E-state index in [2.05, 4.69) is 22.4 Å². The standard InChI is InChI=1S/C14H11ClFN3OS2/c1-2-3-10-18-19-14(22-10)17-13(20)12-11(15)8-5-4-7(16)6-9(8)21-12/h4-6H,2-3H2,1H3,(H,17,19,20). The second kappa shape index (κ2) is 6.28. The Labute approximate surface area is 138 Å². The van der Waals surface area contributed by atoms with Crippen LogP contribution in [0.3, 0.4) is 0 Å². The number of anilines is 1. The van der Waals surface area contributed by atoms with Crippen LogP contribution in [0.2, 0.25) is 5.02 Å². The number of fused-ring (bicyclic) bond motifs is 1. The molecular weight excluding hydrogens is 345 g/mol. The van der Waals surface area contributed by atoms with Gasteiger partial charge in [-0.1, -0.05) is 29.9 Å². The van der Waals surface area contributed by atoms with Crippen molar-refractivity contribution in [3.8, 4) is 0 Å². The van der Waals surface area contributed by atoms with Crippen molar-refractivity contribution >= 4 is 55.4 Å². The predicted octanol–water partition coefficient (Wildman–Crippen LogP) is 4.75. The first-order chi connectivity index (χ1) is 10.6. The zero-order chi connectivity index (χ0) is 15.7. The first-order valence-electron chi connectivity index (χ1n) is 6.59. The third-order valence-corrected chi connectivity index (χ3v) is 5.50. The average molecular weight is 356 g/mol. The molecule has 1 N–H and O–H groups in total. The lowest BCUT2D eigenvalue weighted by molar-refractivity contribution is 0.103. The smallest absolute Gasteiger partial charge is 0.269 e. The molecule has 0 saturated carbocycles. The van der Waals surface area contributed by atoms with Gasteiger partial charge in [0.25, 0.3) is 5.91 Å². The second-order valence-electron chi connectivity index (χ2n) is 4.59. The number of nitrogens with one attached hydrogen (secondary N) is 1. The molecule has 0 radical (unpaired) electrons. The van der Waals surface area contributed by atoms with Gasteiger partial charge >= 0.3 is 0 Å². The Morgan fingerprint density at radius 1 is 1.36 bits per heavy atom. The molecule has 1 amide bonds. The van der Waals surface area contributed by atoms with Crippen LogP contribution in [0.25, 0.3) is 10.1 Å². The van der Waals surface area contributed by atoms with E-state index >= 15 is 0 Å². The molecule has 0 fully saturated rings. The Morgan fingerprint density at radius 2 is 2.18 bits per heavy atom. The molecule has 3 aromatic rings. The van der Waals surface area contributed by atoms with E-state index < -0.39 is 0 Å². The van der Waals surface area contributed by atoms with Crippen molar-refractivity contribution in [3.05, 3.63) is 38.9 Å². The third-order valence-electron chi connectivity index (χ3n) is 2.95. The maximum absolute atomic E-state index is 13.2. The van der Waals surface area contributed by atoms with Crippen LogP contribution in [0.5, 0.6) is 0 Å². The van der Waals surface area contributed by atoms with Crippen molar-refractivity contribution < 1.29 is 9.18 Å². The van der Waals surface area contributed by atoms with Crippen LogP contribution >= 0.6 is 34.3 Å². The van der Waals surface area contributed by atoms with E-state index in [9.17, 15) is 9.18 Å². The summed E-state index contributed by atoms with van der Waals surface area (Å²) >= 11 is 8.72. The molecule has 0 aliphatic carbocycles. The van der Waals surface area contributed by atoms with E-state index in [0.717, 1.165) is 29.2 Å². The van der Waals surface area contributed by atoms with Crippen molar-refractivity contribution in [1.29, 1.82) is 0 Å². The molecule has 3 rings (SSSR count). The Balaban J connectivity index is 1.86. The topological polar surface area (TPSA) is 54.9 Å². The van der Waals surface area contributed by atoms with Gasteiger partial charge in [-0.05, 0) is 24.6 Å². The molecule has 0 saturated heterocycles. The number of hydrogen-bond donors (Lipinski definition) is 1. The molecule has 2 aromatic heterocycles. The highest BCUT2D eigenvalue weighted by atomic mass is 35.5. The summed E-state index contributed by atoms with van der Waals surface area (Å²) in [4.78, 5) is 12.7. The molecule has 4 nitrogen and oxygen atoms in total. The number of amides is 1. The van der Waals surface area contributed by atoms with Gasteiger partial charge in [-0.2, -0.15) is 0 Å². The van der Waals surface area contributed by atoms with Gasteiger partial charge in [0.1, 0.15) is 15.7 Å². The molecule has 0 aliphatic heterocycles. The van der Waals surface area contributed by atoms with Crippen LogP contribution in [0, 0.1) is 5.82 Å². The molecule has 22 heavy (non-hydrogen) atoms. The third kappa shape index (κ3) is 2.97. The van der Waals surface area contributed by atoms with E-state index in [1.807, 2.05) is 0 Å². The van der Waals surface area contributed by atoms with Gasteiger partial charge in [-0.3, -0.25) is 10.1 Å². The fourth-order valence-corrected chi connectivity index (χ4v) is 4.23. The van der Waals surface area contributed by atoms with Gasteiger partial charge in [-0.15, -0.1) is 21.5 Å². The number of nitrogens with zero attached hydrogens (tertiary/aromatic N) is 2. The number of carbonyl (C=O) groups is 1. The van der Waals surface area contributed by atoms with Gasteiger partial charge < -0.3 is 0 Å². The summed E-state index contributed by atoms with van der Waals surface area (Å²) in [7, 11) is 0. The summed E-state index contributed by atoms with van der Waals surface area (Å²) in [6.45, 7) is 2.05. The van der Waals surface area contributed by atoms with E-state index in [-0.39, 0.29) is 11.7 Å². The molecular formula is C14H11ClFN3OS2. The van der Waals surface area contributed by atoms with Crippen LogP contribution in [0.15, 0.2) is 18.2 Å². The summed E-state index contributed by atoms with van der Waals surface area (Å²) in [5.74, 6) is -0.712. The summed E-state index contributed by atoms with van der Waals surface area (Å²) in [5, 5.41) is 12.9. The van der Waals surface area contributed by atoms with Gasteiger partial charge in [0.15, 0.2) is 0 Å². The van der Waals surface area contributed by atoms with E-state index in [4.69, 9.17) is 11.6 Å². The highest BCUT2D eigenvalue weighted by Gasteiger charge is 2.19. The monoisotopic (exact) mass is 355 g/mol. The molecule has 1 aromatic carbocycles. The van der Waals surface area contributed by atoms with Crippen molar-refractivity contribution in [3.63, 3.8) is 0 Å². The number of carbonyl (C=O) groups excluding carboxylic acids is 1. The minimum atomic E-state index is -0.356. The van der Waals surface area contributed by atoms with Gasteiger partial charge in [0, 0.05) is 16.5 Å². The van der Waals surface area contributed by atoms with Crippen LogP contribution in [0.1, 0.15) is 28.0 Å². The molecule has 2 heterocycles. The van der Waals surface area contributed by atoms with Crippen molar-refractivity contribution in [1.82, 2.24) is 10.2 Å². The summed E-state index contributed by atoms with van der Waals surface area (Å²) in [5.41, 5.74) is 0. The lowest BCUT2D eigenvalue weighted by atomic mass is 10.2. The van der Waals surface area contributed by atoms with Gasteiger partial charge in [0.05, 0.1) is 5.02 Å². The van der Waals surface area contributed by atoms with E-state index in [1.54, 1.807) is 6.07 Å². The molecule has 114 valence electrons. The molecule has 0 unspecified atom stereocenters. The molecule has 8 heteroatoms. The zero-order valence-electron chi connectivity index (χ0n) is 11.5. The number of thiophene rings is 1. The van der Waals surface area contributed by atoms with Crippen molar-refractivity contribution in [2.45, 2.75) is 19.8 Å². The minimum absolute atomic E-state index is 0.329.